The first-order chi connectivity index (χ1) is 20.5. The summed E-state index contributed by atoms with van der Waals surface area (Å²) in [6, 6.07) is 13.5. The van der Waals surface area contributed by atoms with Crippen molar-refractivity contribution in [1.29, 1.82) is 0 Å². The van der Waals surface area contributed by atoms with Crippen molar-refractivity contribution in [2.24, 2.45) is 0 Å². The van der Waals surface area contributed by atoms with Gasteiger partial charge in [0.1, 0.15) is 18.0 Å². The first kappa shape index (κ1) is 29.2. The second-order valence-corrected chi connectivity index (χ2v) is 10.8. The topological polar surface area (TPSA) is 112 Å². The first-order valence-electron chi connectivity index (χ1n) is 13.3. The highest BCUT2D eigenvalue weighted by atomic mass is 19.1. The number of rotatable bonds is 7. The third kappa shape index (κ3) is 6.17. The molecule has 0 aliphatic heterocycles. The third-order valence-corrected chi connectivity index (χ3v) is 6.58. The number of hydrogen-bond donors (Lipinski definition) is 2. The Balaban J connectivity index is 1.43. The minimum atomic E-state index is -0.999. The molecule has 222 valence electrons. The summed E-state index contributed by atoms with van der Waals surface area (Å²) in [5.41, 5.74) is 2.35. The van der Waals surface area contributed by atoms with Crippen molar-refractivity contribution in [2.45, 2.75) is 33.1 Å². The average Bonchev–Trinajstić information content (AvgIpc) is 3.39. The molecule has 5 rings (SSSR count). The lowest BCUT2D eigenvalue weighted by Gasteiger charge is -2.14. The number of anilines is 2. The Hall–Kier alpha value is -5.26. The molecule has 2 heterocycles. The SMILES string of the molecule is COc1cc2ncnc(Oc3cc(NC(=O)Nc4cc(C(C)(C)C)nn4-c4ccc(C)cc4)c(F)cc3F)c2cc1OC. The monoisotopic (exact) mass is 588 g/mol. The number of carbonyl (C=O) groups is 1. The van der Waals surface area contributed by atoms with Crippen molar-refractivity contribution in [3.8, 4) is 28.8 Å². The van der Waals surface area contributed by atoms with Crippen LogP contribution in [-0.4, -0.2) is 40.0 Å². The van der Waals surface area contributed by atoms with Gasteiger partial charge in [0.15, 0.2) is 23.1 Å². The van der Waals surface area contributed by atoms with Crippen LogP contribution in [0.1, 0.15) is 32.0 Å². The van der Waals surface area contributed by atoms with Gasteiger partial charge in [0.2, 0.25) is 5.88 Å². The van der Waals surface area contributed by atoms with Crippen molar-refractivity contribution < 1.29 is 27.8 Å². The van der Waals surface area contributed by atoms with Crippen LogP contribution < -0.4 is 24.8 Å². The third-order valence-electron chi connectivity index (χ3n) is 6.58. The van der Waals surface area contributed by atoms with Crippen LogP contribution in [0.2, 0.25) is 0 Å². The smallest absolute Gasteiger partial charge is 0.324 e. The lowest BCUT2D eigenvalue weighted by molar-refractivity contribution is 0.262. The summed E-state index contributed by atoms with van der Waals surface area (Å²) in [6.07, 6.45) is 1.24. The molecule has 0 atom stereocenters. The van der Waals surface area contributed by atoms with Gasteiger partial charge in [-0.3, -0.25) is 5.32 Å². The molecular formula is C31H30F2N6O4. The largest absolute Gasteiger partial charge is 0.493 e. The van der Waals surface area contributed by atoms with E-state index in [0.29, 0.717) is 34.3 Å². The summed E-state index contributed by atoms with van der Waals surface area (Å²) in [5.74, 6) is -1.20. The van der Waals surface area contributed by atoms with Crippen LogP contribution in [-0.2, 0) is 5.41 Å². The van der Waals surface area contributed by atoms with E-state index in [9.17, 15) is 13.6 Å². The van der Waals surface area contributed by atoms with Crippen molar-refractivity contribution in [3.63, 3.8) is 0 Å². The molecule has 0 aliphatic carbocycles. The van der Waals surface area contributed by atoms with Gasteiger partial charge in [-0.05, 0) is 25.1 Å². The maximum Gasteiger partial charge on any atom is 0.324 e. The van der Waals surface area contributed by atoms with Crippen molar-refractivity contribution in [1.82, 2.24) is 19.7 Å². The Kier molecular flexibility index (Phi) is 7.85. The normalized spacial score (nSPS) is 11.3. The number of amides is 2. The highest BCUT2D eigenvalue weighted by molar-refractivity contribution is 5.99. The van der Waals surface area contributed by atoms with Crippen LogP contribution in [0.5, 0.6) is 23.1 Å². The zero-order valence-corrected chi connectivity index (χ0v) is 24.5. The molecule has 43 heavy (non-hydrogen) atoms. The summed E-state index contributed by atoms with van der Waals surface area (Å²) < 4.78 is 47.7. The molecule has 2 amide bonds. The zero-order chi connectivity index (χ0) is 30.9. The van der Waals surface area contributed by atoms with Crippen LogP contribution in [0.4, 0.5) is 25.1 Å². The van der Waals surface area contributed by atoms with Crippen LogP contribution in [0.25, 0.3) is 16.6 Å². The number of urea groups is 1. The minimum absolute atomic E-state index is 0.0106. The summed E-state index contributed by atoms with van der Waals surface area (Å²) in [6.45, 7) is 7.97. The second kappa shape index (κ2) is 11.6. The standard InChI is InChI=1S/C31H30F2N6O4/c1-17-7-9-18(10-8-17)39-28(15-27(38-39)31(2,3)4)37-30(40)36-23-14-24(21(33)12-20(23)32)43-29-19-11-25(41-5)26(42-6)13-22(19)34-16-35-29/h7-16H,1-6H3,(H2,36,37,40). The number of benzene rings is 3. The molecule has 0 saturated heterocycles. The highest BCUT2D eigenvalue weighted by Crippen LogP contribution is 2.37. The molecular weight excluding hydrogens is 558 g/mol. The highest BCUT2D eigenvalue weighted by Gasteiger charge is 2.23. The van der Waals surface area contributed by atoms with Crippen LogP contribution in [0, 0.1) is 18.6 Å². The van der Waals surface area contributed by atoms with Crippen LogP contribution in [0.15, 0.2) is 60.9 Å². The van der Waals surface area contributed by atoms with E-state index in [1.165, 1.54) is 20.5 Å². The maximum atomic E-state index is 14.9. The minimum Gasteiger partial charge on any atom is -0.493 e. The fourth-order valence-corrected chi connectivity index (χ4v) is 4.24. The van der Waals surface area contributed by atoms with Crippen molar-refractivity contribution in [3.05, 3.63) is 83.8 Å². The number of methoxy groups -OCH3 is 2. The fourth-order valence-electron chi connectivity index (χ4n) is 4.24. The Labute approximate surface area is 246 Å². The number of aromatic nitrogens is 4. The molecule has 0 bridgehead atoms. The molecule has 3 aromatic carbocycles. The molecule has 2 N–H and O–H groups in total. The summed E-state index contributed by atoms with van der Waals surface area (Å²) in [4.78, 5) is 21.4. The van der Waals surface area contributed by atoms with Gasteiger partial charge >= 0.3 is 6.03 Å². The molecule has 0 unspecified atom stereocenters. The van der Waals surface area contributed by atoms with E-state index >= 15 is 0 Å². The fraction of sp³-hybridized carbons (Fsp3) is 0.226. The van der Waals surface area contributed by atoms with E-state index < -0.39 is 17.7 Å². The Morgan fingerprint density at radius 3 is 2.23 bits per heavy atom. The summed E-state index contributed by atoms with van der Waals surface area (Å²) in [5, 5.41) is 10.2. The van der Waals surface area contributed by atoms with Crippen molar-refractivity contribution in [2.75, 3.05) is 24.9 Å². The molecule has 0 aliphatic rings. The van der Waals surface area contributed by atoms with Gasteiger partial charge in [-0.25, -0.2) is 28.2 Å². The Morgan fingerprint density at radius 2 is 1.56 bits per heavy atom. The van der Waals surface area contributed by atoms with Gasteiger partial charge in [-0.15, -0.1) is 0 Å². The predicted octanol–water partition coefficient (Wildman–Crippen LogP) is 7.15. The molecule has 0 saturated carbocycles. The first-order valence-corrected chi connectivity index (χ1v) is 13.3. The lowest BCUT2D eigenvalue weighted by atomic mass is 9.92. The van der Waals surface area contributed by atoms with Crippen LogP contribution >= 0.6 is 0 Å². The summed E-state index contributed by atoms with van der Waals surface area (Å²) in [7, 11) is 2.95. The number of aryl methyl sites for hydroxylation is 1. The van der Waals surface area contributed by atoms with E-state index in [-0.39, 0.29) is 22.7 Å². The molecule has 10 nitrogen and oxygen atoms in total. The molecule has 2 aromatic heterocycles. The number of fused-ring (bicyclic) bond motifs is 1. The number of nitrogens with zero attached hydrogens (tertiary/aromatic N) is 4. The number of halogens is 2. The molecule has 0 radical (unpaired) electrons. The van der Waals surface area contributed by atoms with E-state index in [2.05, 4.69) is 25.7 Å². The molecule has 0 fully saturated rings. The Bertz CT molecular complexity index is 1820. The van der Waals surface area contributed by atoms with Crippen molar-refractivity contribution >= 4 is 28.4 Å². The van der Waals surface area contributed by atoms with Gasteiger partial charge in [0.05, 0.1) is 42.2 Å². The molecule has 5 aromatic rings. The molecule has 12 heteroatoms. The second-order valence-electron chi connectivity index (χ2n) is 10.8. The van der Waals surface area contributed by atoms with E-state index in [4.69, 9.17) is 14.2 Å². The Morgan fingerprint density at radius 1 is 0.860 bits per heavy atom. The van der Waals surface area contributed by atoms with Gasteiger partial charge < -0.3 is 19.5 Å². The van der Waals surface area contributed by atoms with E-state index in [1.807, 2.05) is 52.0 Å². The van der Waals surface area contributed by atoms with Gasteiger partial charge in [-0.2, -0.15) is 5.10 Å². The quantitative estimate of drug-likeness (QED) is 0.208. The predicted molar refractivity (Wildman–Crippen MR) is 159 cm³/mol. The number of hydrogen-bond acceptors (Lipinski definition) is 7. The van der Waals surface area contributed by atoms with Crippen LogP contribution in [0.3, 0.4) is 0 Å². The van der Waals surface area contributed by atoms with E-state index in [0.717, 1.165) is 23.0 Å². The van der Waals surface area contributed by atoms with Gasteiger partial charge in [-0.1, -0.05) is 38.5 Å². The number of carbonyl (C=O) groups excluding carboxylic acids is 1. The lowest BCUT2D eigenvalue weighted by Crippen LogP contribution is -2.22. The van der Waals surface area contributed by atoms with Gasteiger partial charge in [0.25, 0.3) is 0 Å². The average molecular weight is 589 g/mol. The number of nitrogens with one attached hydrogen (secondary N) is 2. The van der Waals surface area contributed by atoms with Gasteiger partial charge in [0, 0.05) is 29.7 Å². The van der Waals surface area contributed by atoms with E-state index in [1.54, 1.807) is 22.9 Å². The zero-order valence-electron chi connectivity index (χ0n) is 24.5. The summed E-state index contributed by atoms with van der Waals surface area (Å²) >= 11 is 0. The molecule has 0 spiro atoms. The number of ether oxygens (including phenoxy) is 3. The maximum absolute atomic E-state index is 14.9.